The van der Waals surface area contributed by atoms with Gasteiger partial charge in [0.05, 0.1) is 4.75 Å². The van der Waals surface area contributed by atoms with Gasteiger partial charge in [-0.3, -0.25) is 0 Å². The highest BCUT2D eigenvalue weighted by Gasteiger charge is 2.48. The van der Waals surface area contributed by atoms with Gasteiger partial charge >= 0.3 is 0 Å². The number of hydrogen-bond donors (Lipinski definition) is 0. The zero-order valence-corrected chi connectivity index (χ0v) is 14.9. The van der Waals surface area contributed by atoms with Crippen LogP contribution in [0.1, 0.15) is 52.8 Å². The molecule has 1 saturated heterocycles. The van der Waals surface area contributed by atoms with Crippen LogP contribution >= 0.6 is 11.8 Å². The predicted octanol–water partition coefficient (Wildman–Crippen LogP) is 3.99. The van der Waals surface area contributed by atoms with Crippen molar-refractivity contribution in [1.29, 1.82) is 0 Å². The minimum Gasteiger partial charge on any atom is -0.240 e. The largest absolute Gasteiger partial charge is 0.240 e. The highest BCUT2D eigenvalue weighted by atomic mass is 32.2. The molecular weight excluding hydrogens is 275 g/mol. The van der Waals surface area contributed by atoms with Crippen LogP contribution in [-0.2, 0) is 4.75 Å². The molecule has 1 aliphatic carbocycles. The van der Waals surface area contributed by atoms with Gasteiger partial charge in [-0.2, -0.15) is 11.8 Å². The zero-order valence-electron chi connectivity index (χ0n) is 14.1. The van der Waals surface area contributed by atoms with Crippen molar-refractivity contribution in [2.75, 3.05) is 6.26 Å². The van der Waals surface area contributed by atoms with E-state index in [1.165, 1.54) is 37.4 Å². The lowest BCUT2D eigenvalue weighted by Crippen LogP contribution is -2.35. The summed E-state index contributed by atoms with van der Waals surface area (Å²) >= 11 is 1.92. The van der Waals surface area contributed by atoms with Crippen molar-refractivity contribution >= 4 is 23.9 Å². The van der Waals surface area contributed by atoms with Gasteiger partial charge in [-0.25, -0.2) is 9.97 Å². The minimum absolute atomic E-state index is 0.215. The molecule has 2 nitrogen and oxygen atoms in total. The van der Waals surface area contributed by atoms with Crippen molar-refractivity contribution in [1.82, 2.24) is 9.97 Å². The molecule has 0 radical (unpaired) electrons. The summed E-state index contributed by atoms with van der Waals surface area (Å²) in [4.78, 5) is 9.50. The highest BCUT2D eigenvalue weighted by Crippen LogP contribution is 2.53. The maximum absolute atomic E-state index is 4.75. The first kappa shape index (κ1) is 15.4. The Kier molecular flexibility index (Phi) is 3.67. The highest BCUT2D eigenvalue weighted by molar-refractivity contribution is 7.99. The lowest BCUT2D eigenvalue weighted by molar-refractivity contribution is 0.177. The van der Waals surface area contributed by atoms with Crippen LogP contribution in [0.5, 0.6) is 0 Å². The van der Waals surface area contributed by atoms with E-state index in [0.717, 1.165) is 5.82 Å². The second-order valence-corrected chi connectivity index (χ2v) is 9.45. The topological polar surface area (TPSA) is 25.8 Å². The van der Waals surface area contributed by atoms with E-state index in [0.29, 0.717) is 17.5 Å². The lowest BCUT2D eigenvalue weighted by atomic mass is 9.43. The van der Waals surface area contributed by atoms with Crippen LogP contribution in [0.3, 0.4) is 0 Å². The van der Waals surface area contributed by atoms with Crippen LogP contribution in [0.15, 0.2) is 12.4 Å². The normalized spacial score (nSPS) is 25.7. The SMILES string of the molecule is CSC1(c2ncc(B3CC(C)(C)C(C)(C)C3)cn2)CCC1. The molecule has 1 saturated carbocycles. The van der Waals surface area contributed by atoms with E-state index < -0.39 is 0 Å². The molecule has 2 aliphatic rings. The summed E-state index contributed by atoms with van der Waals surface area (Å²) in [5, 5.41) is 0. The molecule has 1 aliphatic heterocycles. The predicted molar refractivity (Wildman–Crippen MR) is 93.6 cm³/mol. The molecule has 0 atom stereocenters. The Bertz CT molecular complexity index is 499. The fourth-order valence-corrected chi connectivity index (χ4v) is 4.88. The van der Waals surface area contributed by atoms with Gasteiger partial charge in [0.2, 0.25) is 0 Å². The van der Waals surface area contributed by atoms with Crippen molar-refractivity contribution in [2.24, 2.45) is 10.8 Å². The van der Waals surface area contributed by atoms with E-state index >= 15 is 0 Å². The minimum atomic E-state index is 0.215. The van der Waals surface area contributed by atoms with Crippen LogP contribution in [0.25, 0.3) is 0 Å². The summed E-state index contributed by atoms with van der Waals surface area (Å²) in [7, 11) is 0. The molecule has 0 aromatic carbocycles. The van der Waals surface area contributed by atoms with Crippen LogP contribution in [0.4, 0.5) is 0 Å². The zero-order chi connectivity index (χ0) is 15.3. The summed E-state index contributed by atoms with van der Waals surface area (Å²) in [6.07, 6.45) is 12.7. The van der Waals surface area contributed by atoms with Crippen LogP contribution in [0.2, 0.25) is 12.6 Å². The Labute approximate surface area is 134 Å². The van der Waals surface area contributed by atoms with Gasteiger partial charge in [0, 0.05) is 12.4 Å². The average Bonchev–Trinajstić information content (AvgIpc) is 2.59. The molecule has 2 fully saturated rings. The van der Waals surface area contributed by atoms with Crippen molar-refractivity contribution in [3.05, 3.63) is 18.2 Å². The quantitative estimate of drug-likeness (QED) is 0.790. The molecule has 21 heavy (non-hydrogen) atoms. The summed E-state index contributed by atoms with van der Waals surface area (Å²) in [6, 6.07) is 0. The van der Waals surface area contributed by atoms with E-state index in [1.807, 2.05) is 11.8 Å². The van der Waals surface area contributed by atoms with Crippen molar-refractivity contribution in [3.8, 4) is 0 Å². The molecule has 1 aromatic heterocycles. The fraction of sp³-hybridized carbons (Fsp3) is 0.765. The number of hydrogen-bond acceptors (Lipinski definition) is 3. The van der Waals surface area contributed by atoms with E-state index in [-0.39, 0.29) is 4.75 Å². The third kappa shape index (κ3) is 2.44. The Balaban J connectivity index is 1.80. The Morgan fingerprint density at radius 3 is 1.90 bits per heavy atom. The maximum Gasteiger partial charge on any atom is 0.181 e. The number of nitrogens with zero attached hydrogens (tertiary/aromatic N) is 2. The second-order valence-electron chi connectivity index (χ2n) is 8.26. The molecule has 0 spiro atoms. The first-order valence-electron chi connectivity index (χ1n) is 8.17. The molecule has 2 heterocycles. The smallest absolute Gasteiger partial charge is 0.181 e. The summed E-state index contributed by atoms with van der Waals surface area (Å²) in [5.41, 5.74) is 2.13. The van der Waals surface area contributed by atoms with Gasteiger partial charge < -0.3 is 0 Å². The molecule has 3 rings (SSSR count). The number of rotatable bonds is 3. The molecule has 0 unspecified atom stereocenters. The number of thioether (sulfide) groups is 1. The molecular formula is C17H27BN2S. The standard InChI is InChI=1S/C17H27BN2S/c1-15(2)11-18(12-16(15,3)4)13-9-19-14(20-10-13)17(21-5)7-6-8-17/h9-10H,6-8,11-12H2,1-5H3. The maximum atomic E-state index is 4.75. The van der Waals surface area contributed by atoms with Crippen molar-refractivity contribution < 1.29 is 0 Å². The summed E-state index contributed by atoms with van der Waals surface area (Å²) in [6.45, 7) is 10.2. The first-order chi connectivity index (χ1) is 9.80. The fourth-order valence-electron chi connectivity index (χ4n) is 3.89. The van der Waals surface area contributed by atoms with Gasteiger partial charge in [0.1, 0.15) is 5.82 Å². The van der Waals surface area contributed by atoms with Crippen molar-refractivity contribution in [3.63, 3.8) is 0 Å². The average molecular weight is 302 g/mol. The van der Waals surface area contributed by atoms with Gasteiger partial charge in [0.25, 0.3) is 0 Å². The molecule has 0 N–H and O–H groups in total. The molecule has 0 amide bonds. The van der Waals surface area contributed by atoms with Gasteiger partial charge in [0.15, 0.2) is 6.71 Å². The van der Waals surface area contributed by atoms with E-state index in [9.17, 15) is 0 Å². The third-order valence-corrected chi connectivity index (χ3v) is 7.82. The molecule has 0 bridgehead atoms. The van der Waals surface area contributed by atoms with Gasteiger partial charge in [-0.05, 0) is 41.8 Å². The molecule has 114 valence electrons. The molecule has 1 aromatic rings. The molecule has 4 heteroatoms. The third-order valence-electron chi connectivity index (χ3n) is 6.45. The first-order valence-corrected chi connectivity index (χ1v) is 9.40. The Morgan fingerprint density at radius 1 is 1.00 bits per heavy atom. The van der Waals surface area contributed by atoms with Crippen LogP contribution < -0.4 is 5.46 Å². The van der Waals surface area contributed by atoms with Gasteiger partial charge in [-0.15, -0.1) is 0 Å². The van der Waals surface area contributed by atoms with Crippen LogP contribution in [-0.4, -0.2) is 22.9 Å². The summed E-state index contributed by atoms with van der Waals surface area (Å²) < 4.78 is 0.215. The van der Waals surface area contributed by atoms with Crippen molar-refractivity contribution in [2.45, 2.75) is 64.3 Å². The van der Waals surface area contributed by atoms with E-state index in [4.69, 9.17) is 9.97 Å². The van der Waals surface area contributed by atoms with Gasteiger partial charge in [-0.1, -0.05) is 40.3 Å². The van der Waals surface area contributed by atoms with E-state index in [2.05, 4.69) is 46.3 Å². The lowest BCUT2D eigenvalue weighted by Gasteiger charge is -2.38. The number of aromatic nitrogens is 2. The summed E-state index contributed by atoms with van der Waals surface area (Å²) in [5.74, 6) is 1.06. The monoisotopic (exact) mass is 302 g/mol. The van der Waals surface area contributed by atoms with Crippen LogP contribution in [0, 0.1) is 10.8 Å². The van der Waals surface area contributed by atoms with E-state index in [1.54, 1.807) is 0 Å². The Morgan fingerprint density at radius 2 is 1.52 bits per heavy atom. The second kappa shape index (κ2) is 5.01. The Hall–Kier alpha value is -0.505.